The second-order valence-electron chi connectivity index (χ2n) is 7.02. The summed E-state index contributed by atoms with van der Waals surface area (Å²) in [5.74, 6) is 3.10. The molecular weight excluding hydrogens is 483 g/mol. The largest absolute Gasteiger partial charge is 0.496 e. The maximum Gasteiger partial charge on any atom is 0.191 e. The van der Waals surface area contributed by atoms with Crippen LogP contribution in [0.3, 0.4) is 0 Å². The van der Waals surface area contributed by atoms with Gasteiger partial charge in [-0.3, -0.25) is 4.99 Å². The minimum Gasteiger partial charge on any atom is -0.496 e. The third kappa shape index (κ3) is 7.73. The van der Waals surface area contributed by atoms with Gasteiger partial charge in [0, 0.05) is 50.4 Å². The van der Waals surface area contributed by atoms with E-state index in [4.69, 9.17) is 14.2 Å². The van der Waals surface area contributed by atoms with Crippen molar-refractivity contribution in [1.29, 1.82) is 0 Å². The Kier molecular flexibility index (Phi) is 12.1. The summed E-state index contributed by atoms with van der Waals surface area (Å²) in [5.41, 5.74) is 1.02. The average molecular weight is 520 g/mol. The Balaban J connectivity index is 0.00000420. The van der Waals surface area contributed by atoms with Gasteiger partial charge in [-0.25, -0.2) is 0 Å². The molecule has 0 amide bonds. The Labute approximate surface area is 192 Å². The van der Waals surface area contributed by atoms with Crippen molar-refractivity contribution < 1.29 is 14.2 Å². The first-order valence-corrected chi connectivity index (χ1v) is 10.1. The molecule has 8 heteroatoms. The highest BCUT2D eigenvalue weighted by Gasteiger charge is 2.19. The van der Waals surface area contributed by atoms with Crippen LogP contribution < -0.4 is 24.8 Å². The maximum atomic E-state index is 5.53. The number of benzene rings is 1. The molecule has 0 unspecified atom stereocenters. The van der Waals surface area contributed by atoms with Crippen LogP contribution >= 0.6 is 24.0 Å². The standard InChI is InChI=1S/C21H36N4O3.HI/c1-6-11-25-12-8-16(9-13-25)24-21(22-2)23-10-7-18-19(27-4)14-17(26-3)15-20(18)28-5;/h14-16H,6-13H2,1-5H3,(H2,22,23,24);1H. The fourth-order valence-corrected chi connectivity index (χ4v) is 3.64. The summed E-state index contributed by atoms with van der Waals surface area (Å²) in [6.07, 6.45) is 4.28. The molecule has 0 spiro atoms. The van der Waals surface area contributed by atoms with Crippen LogP contribution in [0.4, 0.5) is 0 Å². The first kappa shape index (κ1) is 25.6. The molecule has 1 fully saturated rings. The monoisotopic (exact) mass is 520 g/mol. The fourth-order valence-electron chi connectivity index (χ4n) is 3.64. The molecule has 1 aliphatic heterocycles. The number of hydrogen-bond acceptors (Lipinski definition) is 5. The Morgan fingerprint density at radius 1 is 1.10 bits per heavy atom. The molecule has 7 nitrogen and oxygen atoms in total. The average Bonchev–Trinajstić information content (AvgIpc) is 2.74. The number of halogens is 1. The van der Waals surface area contributed by atoms with Crippen molar-refractivity contribution in [3.63, 3.8) is 0 Å². The third-order valence-electron chi connectivity index (χ3n) is 5.18. The molecule has 0 aliphatic carbocycles. The molecule has 0 radical (unpaired) electrons. The van der Waals surface area contributed by atoms with Gasteiger partial charge in [-0.15, -0.1) is 24.0 Å². The van der Waals surface area contributed by atoms with E-state index in [1.165, 1.54) is 13.0 Å². The van der Waals surface area contributed by atoms with Crippen LogP contribution in [-0.2, 0) is 6.42 Å². The van der Waals surface area contributed by atoms with Crippen LogP contribution in [0, 0.1) is 0 Å². The molecule has 1 aromatic carbocycles. The third-order valence-corrected chi connectivity index (χ3v) is 5.18. The number of nitrogens with one attached hydrogen (secondary N) is 2. The van der Waals surface area contributed by atoms with Gasteiger partial charge in [0.1, 0.15) is 17.2 Å². The Bertz CT molecular complexity index is 609. The van der Waals surface area contributed by atoms with E-state index in [1.54, 1.807) is 21.3 Å². The van der Waals surface area contributed by atoms with Gasteiger partial charge in [-0.05, 0) is 32.2 Å². The van der Waals surface area contributed by atoms with Crippen molar-refractivity contribution >= 4 is 29.9 Å². The molecule has 0 atom stereocenters. The lowest BCUT2D eigenvalue weighted by molar-refractivity contribution is 0.206. The van der Waals surface area contributed by atoms with Crippen molar-refractivity contribution in [2.24, 2.45) is 4.99 Å². The molecule has 166 valence electrons. The zero-order valence-electron chi connectivity index (χ0n) is 18.4. The SMILES string of the molecule is CCCN1CCC(NC(=NC)NCCc2c(OC)cc(OC)cc2OC)CC1.I. The van der Waals surface area contributed by atoms with Crippen LogP contribution in [0.1, 0.15) is 31.7 Å². The van der Waals surface area contributed by atoms with Crippen LogP contribution in [-0.4, -0.2) is 71.5 Å². The van der Waals surface area contributed by atoms with Gasteiger partial charge < -0.3 is 29.7 Å². The van der Waals surface area contributed by atoms with Crippen molar-refractivity contribution in [2.75, 3.05) is 54.6 Å². The van der Waals surface area contributed by atoms with Crippen molar-refractivity contribution in [3.05, 3.63) is 17.7 Å². The first-order chi connectivity index (χ1) is 13.6. The highest BCUT2D eigenvalue weighted by Crippen LogP contribution is 2.34. The lowest BCUT2D eigenvalue weighted by Crippen LogP contribution is -2.49. The number of nitrogens with zero attached hydrogens (tertiary/aromatic N) is 2. The van der Waals surface area contributed by atoms with Crippen LogP contribution in [0.5, 0.6) is 17.2 Å². The normalized spacial score (nSPS) is 15.4. The Morgan fingerprint density at radius 2 is 1.72 bits per heavy atom. The smallest absolute Gasteiger partial charge is 0.191 e. The number of likely N-dealkylation sites (tertiary alicyclic amines) is 1. The molecule has 2 N–H and O–H groups in total. The van der Waals surface area contributed by atoms with Crippen molar-refractivity contribution in [1.82, 2.24) is 15.5 Å². The van der Waals surface area contributed by atoms with Gasteiger partial charge >= 0.3 is 0 Å². The number of hydrogen-bond donors (Lipinski definition) is 2. The zero-order chi connectivity index (χ0) is 20.4. The second-order valence-corrected chi connectivity index (χ2v) is 7.02. The zero-order valence-corrected chi connectivity index (χ0v) is 20.7. The molecule has 0 aromatic heterocycles. The minimum atomic E-state index is 0. The van der Waals surface area contributed by atoms with Crippen molar-refractivity contribution in [3.8, 4) is 17.2 Å². The van der Waals surface area contributed by atoms with Gasteiger partial charge in [0.15, 0.2) is 5.96 Å². The maximum absolute atomic E-state index is 5.53. The Hall–Kier alpha value is -1.42. The predicted molar refractivity (Wildman–Crippen MR) is 129 cm³/mol. The highest BCUT2D eigenvalue weighted by atomic mass is 127. The predicted octanol–water partition coefficient (Wildman–Crippen LogP) is 2.91. The molecule has 1 aliphatic rings. The number of methoxy groups -OCH3 is 3. The highest BCUT2D eigenvalue weighted by molar-refractivity contribution is 14.0. The van der Waals surface area contributed by atoms with Crippen LogP contribution in [0.15, 0.2) is 17.1 Å². The van der Waals surface area contributed by atoms with E-state index in [1.807, 2.05) is 19.2 Å². The summed E-state index contributed by atoms with van der Waals surface area (Å²) < 4.78 is 16.4. The topological polar surface area (TPSA) is 67.4 Å². The van der Waals surface area contributed by atoms with E-state index in [0.29, 0.717) is 6.04 Å². The van der Waals surface area contributed by atoms with E-state index >= 15 is 0 Å². The summed E-state index contributed by atoms with van der Waals surface area (Å²) in [5, 5.41) is 6.98. The summed E-state index contributed by atoms with van der Waals surface area (Å²) >= 11 is 0. The number of piperidine rings is 1. The molecule has 1 heterocycles. The molecule has 1 aromatic rings. The molecule has 29 heavy (non-hydrogen) atoms. The van der Waals surface area contributed by atoms with Gasteiger partial charge in [0.2, 0.25) is 0 Å². The fraction of sp³-hybridized carbons (Fsp3) is 0.667. The lowest BCUT2D eigenvalue weighted by Gasteiger charge is -2.32. The summed E-state index contributed by atoms with van der Waals surface area (Å²) in [4.78, 5) is 6.92. The quantitative estimate of drug-likeness (QED) is 0.297. The van der Waals surface area contributed by atoms with Crippen molar-refractivity contribution in [2.45, 2.75) is 38.6 Å². The number of guanidine groups is 1. The summed E-state index contributed by atoms with van der Waals surface area (Å²) in [6, 6.07) is 4.24. The number of rotatable bonds is 9. The van der Waals surface area contributed by atoms with Gasteiger partial charge in [0.25, 0.3) is 0 Å². The second kappa shape index (κ2) is 13.7. The van der Waals surface area contributed by atoms with E-state index in [2.05, 4.69) is 27.4 Å². The van der Waals surface area contributed by atoms with Crippen LogP contribution in [0.25, 0.3) is 0 Å². The molecule has 1 saturated heterocycles. The minimum absolute atomic E-state index is 0. The van der Waals surface area contributed by atoms with E-state index in [-0.39, 0.29) is 24.0 Å². The molecule has 2 rings (SSSR count). The summed E-state index contributed by atoms with van der Waals surface area (Å²) in [7, 11) is 6.78. The van der Waals surface area contributed by atoms with E-state index < -0.39 is 0 Å². The molecule has 0 saturated carbocycles. The van der Waals surface area contributed by atoms with Crippen LogP contribution in [0.2, 0.25) is 0 Å². The van der Waals surface area contributed by atoms with Gasteiger partial charge in [-0.2, -0.15) is 0 Å². The first-order valence-electron chi connectivity index (χ1n) is 10.1. The van der Waals surface area contributed by atoms with Gasteiger partial charge in [0.05, 0.1) is 21.3 Å². The Morgan fingerprint density at radius 3 is 2.21 bits per heavy atom. The number of aliphatic imine (C=N–C) groups is 1. The van der Waals surface area contributed by atoms with E-state index in [0.717, 1.165) is 67.7 Å². The number of ether oxygens (including phenoxy) is 3. The molecular formula is C21H37IN4O3. The van der Waals surface area contributed by atoms with E-state index in [9.17, 15) is 0 Å². The summed E-state index contributed by atoms with van der Waals surface area (Å²) in [6.45, 7) is 6.48. The molecule has 0 bridgehead atoms. The lowest BCUT2D eigenvalue weighted by atomic mass is 10.1. The van der Waals surface area contributed by atoms with Gasteiger partial charge in [-0.1, -0.05) is 6.92 Å².